The van der Waals surface area contributed by atoms with E-state index in [1.165, 1.54) is 0 Å². The topological polar surface area (TPSA) is 52.9 Å². The van der Waals surface area contributed by atoms with Crippen molar-refractivity contribution in [1.82, 2.24) is 0 Å². The standard InChI is InChI=1S/C13H11N4/c1-10-4-2-3-5-13(10)17-16-12-8-6-11(15-14)7-9-12/h2-9H,1H3/q+1. The molecular weight excluding hydrogens is 212 g/mol. The first-order valence-electron chi connectivity index (χ1n) is 5.22. The predicted molar refractivity (Wildman–Crippen MR) is 66.5 cm³/mol. The van der Waals surface area contributed by atoms with Gasteiger partial charge >= 0.3 is 5.69 Å². The molecule has 2 aromatic carbocycles. The molecule has 0 atom stereocenters. The molecule has 0 saturated heterocycles. The summed E-state index contributed by atoms with van der Waals surface area (Å²) >= 11 is 0. The molecule has 0 aliphatic rings. The van der Waals surface area contributed by atoms with E-state index in [4.69, 9.17) is 5.39 Å². The molecule has 0 saturated carbocycles. The minimum absolute atomic E-state index is 0.500. The highest BCUT2D eigenvalue weighted by molar-refractivity contribution is 5.51. The summed E-state index contributed by atoms with van der Waals surface area (Å²) in [4.78, 5) is 3.07. The molecule has 0 bridgehead atoms. The van der Waals surface area contributed by atoms with E-state index in [-0.39, 0.29) is 0 Å². The number of azo groups is 1. The van der Waals surface area contributed by atoms with E-state index in [1.54, 1.807) is 24.3 Å². The van der Waals surface area contributed by atoms with Gasteiger partial charge in [-0.3, -0.25) is 0 Å². The highest BCUT2D eigenvalue weighted by Crippen LogP contribution is 2.23. The Morgan fingerprint density at radius 1 is 0.941 bits per heavy atom. The molecule has 0 fully saturated rings. The Morgan fingerprint density at radius 3 is 2.29 bits per heavy atom. The lowest BCUT2D eigenvalue weighted by molar-refractivity contribution is 1.21. The number of benzene rings is 2. The third-order valence-electron chi connectivity index (χ3n) is 2.35. The number of hydrogen-bond donors (Lipinski definition) is 0. The van der Waals surface area contributed by atoms with Crippen LogP contribution in [0.15, 0.2) is 58.8 Å². The van der Waals surface area contributed by atoms with Crippen molar-refractivity contribution in [1.29, 1.82) is 5.39 Å². The molecule has 0 aromatic heterocycles. The molecule has 2 aromatic rings. The molecule has 2 rings (SSSR count). The van der Waals surface area contributed by atoms with Gasteiger partial charge in [0.05, 0.1) is 11.4 Å². The second-order valence-corrected chi connectivity index (χ2v) is 3.60. The quantitative estimate of drug-likeness (QED) is 0.528. The normalized spacial score (nSPS) is 10.4. The Morgan fingerprint density at radius 2 is 1.65 bits per heavy atom. The first kappa shape index (κ1) is 11.0. The Balaban J connectivity index is 2.21. The van der Waals surface area contributed by atoms with E-state index in [0.717, 1.165) is 16.9 Å². The first-order valence-corrected chi connectivity index (χ1v) is 5.22. The van der Waals surface area contributed by atoms with Crippen LogP contribution in [0.5, 0.6) is 0 Å². The van der Waals surface area contributed by atoms with Gasteiger partial charge in [-0.05, 0) is 30.7 Å². The van der Waals surface area contributed by atoms with E-state index in [9.17, 15) is 0 Å². The number of aryl methyl sites for hydroxylation is 1. The average molecular weight is 223 g/mol. The van der Waals surface area contributed by atoms with Crippen molar-refractivity contribution in [2.75, 3.05) is 0 Å². The summed E-state index contributed by atoms with van der Waals surface area (Å²) in [5, 5.41) is 16.8. The van der Waals surface area contributed by atoms with E-state index in [2.05, 4.69) is 15.2 Å². The van der Waals surface area contributed by atoms with Crippen LogP contribution < -0.4 is 0 Å². The SMILES string of the molecule is Cc1ccccc1N=Nc1ccc([N+]#N)cc1. The van der Waals surface area contributed by atoms with Crippen LogP contribution >= 0.6 is 0 Å². The predicted octanol–water partition coefficient (Wildman–Crippen LogP) is 4.90. The number of nitrogens with zero attached hydrogens (tertiary/aromatic N) is 4. The molecule has 0 amide bonds. The highest BCUT2D eigenvalue weighted by Gasteiger charge is 2.01. The van der Waals surface area contributed by atoms with Crippen LogP contribution in [0.1, 0.15) is 5.56 Å². The fourth-order valence-electron chi connectivity index (χ4n) is 1.37. The van der Waals surface area contributed by atoms with Crippen molar-refractivity contribution >= 4 is 17.1 Å². The second kappa shape index (κ2) is 4.99. The molecule has 0 unspecified atom stereocenters. The van der Waals surface area contributed by atoms with Crippen molar-refractivity contribution < 1.29 is 0 Å². The lowest BCUT2D eigenvalue weighted by Gasteiger charge is -1.96. The van der Waals surface area contributed by atoms with Gasteiger partial charge in [-0.15, -0.1) is 0 Å². The van der Waals surface area contributed by atoms with Gasteiger partial charge in [-0.2, -0.15) is 10.2 Å². The zero-order valence-corrected chi connectivity index (χ0v) is 9.41. The summed E-state index contributed by atoms with van der Waals surface area (Å²) in [7, 11) is 0. The minimum Gasteiger partial charge on any atom is -0.151 e. The minimum atomic E-state index is 0.500. The molecule has 82 valence electrons. The van der Waals surface area contributed by atoms with Gasteiger partial charge in [0.15, 0.2) is 4.98 Å². The van der Waals surface area contributed by atoms with Crippen LogP contribution in [0, 0.1) is 12.3 Å². The molecule has 0 heterocycles. The van der Waals surface area contributed by atoms with Crippen LogP contribution in [0.2, 0.25) is 0 Å². The van der Waals surface area contributed by atoms with Crippen LogP contribution in [0.4, 0.5) is 17.1 Å². The first-order chi connectivity index (χ1) is 8.29. The summed E-state index contributed by atoms with van der Waals surface area (Å²) in [5.74, 6) is 0. The lowest BCUT2D eigenvalue weighted by atomic mass is 10.2. The van der Waals surface area contributed by atoms with E-state index in [1.807, 2.05) is 31.2 Å². The van der Waals surface area contributed by atoms with Gasteiger partial charge in [0.25, 0.3) is 0 Å². The zero-order valence-electron chi connectivity index (χ0n) is 9.41. The molecule has 0 N–H and O–H groups in total. The molecule has 0 aliphatic carbocycles. The summed E-state index contributed by atoms with van der Waals surface area (Å²) in [6, 6.07) is 14.6. The van der Waals surface area contributed by atoms with Gasteiger partial charge in [-0.1, -0.05) is 18.2 Å². The summed E-state index contributed by atoms with van der Waals surface area (Å²) < 4.78 is 0. The molecule has 0 spiro atoms. The molecule has 0 aliphatic heterocycles. The molecule has 0 radical (unpaired) electrons. The van der Waals surface area contributed by atoms with Crippen LogP contribution in [-0.4, -0.2) is 0 Å². The maximum absolute atomic E-state index is 8.54. The van der Waals surface area contributed by atoms with Crippen LogP contribution in [0.25, 0.3) is 4.98 Å². The second-order valence-electron chi connectivity index (χ2n) is 3.60. The Hall–Kier alpha value is -2.54. The summed E-state index contributed by atoms with van der Waals surface area (Å²) in [5.41, 5.74) is 3.15. The smallest absolute Gasteiger partial charge is 0.151 e. The van der Waals surface area contributed by atoms with Crippen molar-refractivity contribution in [3.05, 3.63) is 59.1 Å². The number of diazo groups is 1. The summed E-state index contributed by atoms with van der Waals surface area (Å²) in [6.45, 7) is 1.99. The van der Waals surface area contributed by atoms with Gasteiger partial charge in [-0.25, -0.2) is 0 Å². The van der Waals surface area contributed by atoms with E-state index >= 15 is 0 Å². The maximum Gasteiger partial charge on any atom is 0.385 e. The Labute approximate surface area is 99.3 Å². The zero-order chi connectivity index (χ0) is 12.1. The van der Waals surface area contributed by atoms with Crippen molar-refractivity contribution in [3.63, 3.8) is 0 Å². The van der Waals surface area contributed by atoms with E-state index < -0.39 is 0 Å². The van der Waals surface area contributed by atoms with Crippen LogP contribution in [0.3, 0.4) is 0 Å². The third kappa shape index (κ3) is 2.73. The highest BCUT2D eigenvalue weighted by atomic mass is 15.1. The molecular formula is C13H11N4+. The largest absolute Gasteiger partial charge is 0.385 e. The molecule has 17 heavy (non-hydrogen) atoms. The Bertz CT molecular complexity index is 579. The summed E-state index contributed by atoms with van der Waals surface area (Å²) in [6.07, 6.45) is 0. The fourth-order valence-corrected chi connectivity index (χ4v) is 1.37. The Kier molecular flexibility index (Phi) is 3.22. The fraction of sp³-hybridized carbons (Fsp3) is 0.0769. The van der Waals surface area contributed by atoms with Crippen molar-refractivity contribution in [2.45, 2.75) is 6.92 Å². The monoisotopic (exact) mass is 223 g/mol. The number of hydrogen-bond acceptors (Lipinski definition) is 3. The van der Waals surface area contributed by atoms with Crippen molar-refractivity contribution in [3.8, 4) is 0 Å². The third-order valence-corrected chi connectivity index (χ3v) is 2.35. The number of rotatable bonds is 2. The van der Waals surface area contributed by atoms with Gasteiger partial charge < -0.3 is 0 Å². The van der Waals surface area contributed by atoms with Gasteiger partial charge in [0.1, 0.15) is 0 Å². The van der Waals surface area contributed by atoms with Gasteiger partial charge in [0, 0.05) is 12.1 Å². The van der Waals surface area contributed by atoms with Crippen LogP contribution in [-0.2, 0) is 0 Å². The maximum atomic E-state index is 8.54. The average Bonchev–Trinajstić information content (AvgIpc) is 2.38. The molecule has 4 nitrogen and oxygen atoms in total. The lowest BCUT2D eigenvalue weighted by Crippen LogP contribution is -1.71. The van der Waals surface area contributed by atoms with Crippen molar-refractivity contribution in [2.24, 2.45) is 10.2 Å². The molecule has 4 heteroatoms. The van der Waals surface area contributed by atoms with E-state index in [0.29, 0.717) is 5.69 Å². The van der Waals surface area contributed by atoms with Gasteiger partial charge in [0.2, 0.25) is 5.39 Å².